The average Bonchev–Trinajstić information content (AvgIpc) is 2.40. The quantitative estimate of drug-likeness (QED) is 0.530. The molecule has 2 N–H and O–H groups in total. The predicted octanol–water partition coefficient (Wildman–Crippen LogP) is -0.489. The number of nitrogens with one attached hydrogen (secondary N) is 2. The molecule has 1 unspecified atom stereocenters. The highest BCUT2D eigenvalue weighted by molar-refractivity contribution is 5.83. The van der Waals surface area contributed by atoms with E-state index in [0.717, 1.165) is 19.6 Å². The zero-order valence-corrected chi connectivity index (χ0v) is 13.3. The molecular formula is C14H28N4O2. The van der Waals surface area contributed by atoms with Crippen LogP contribution in [0.2, 0.25) is 0 Å². The molecule has 1 fully saturated rings. The van der Waals surface area contributed by atoms with Gasteiger partial charge in [0.25, 0.3) is 0 Å². The largest absolute Gasteiger partial charge is 0.359 e. The van der Waals surface area contributed by atoms with E-state index in [4.69, 9.17) is 0 Å². The van der Waals surface area contributed by atoms with Crippen molar-refractivity contribution in [1.29, 1.82) is 0 Å². The summed E-state index contributed by atoms with van der Waals surface area (Å²) in [5, 5.41) is 5.42. The number of rotatable bonds is 5. The van der Waals surface area contributed by atoms with Crippen LogP contribution in [0, 0.1) is 5.41 Å². The first-order valence-electron chi connectivity index (χ1n) is 7.16. The molecule has 0 bridgehead atoms. The van der Waals surface area contributed by atoms with Crippen LogP contribution in [0.3, 0.4) is 0 Å². The van der Waals surface area contributed by atoms with E-state index >= 15 is 0 Å². The van der Waals surface area contributed by atoms with Crippen molar-refractivity contribution in [1.82, 2.24) is 20.4 Å². The topological polar surface area (TPSA) is 64.7 Å². The molecule has 0 aromatic heterocycles. The van der Waals surface area contributed by atoms with E-state index in [9.17, 15) is 9.59 Å². The Balaban J connectivity index is 2.57. The van der Waals surface area contributed by atoms with Crippen LogP contribution in [0.1, 0.15) is 20.3 Å². The molecule has 0 aliphatic carbocycles. The van der Waals surface area contributed by atoms with Crippen LogP contribution in [0.25, 0.3) is 0 Å². The average molecular weight is 290 g/mol. The van der Waals surface area contributed by atoms with Gasteiger partial charge in [-0.2, -0.15) is 0 Å². The first-order chi connectivity index (χ1) is 9.28. The van der Waals surface area contributed by atoms with Crippen molar-refractivity contribution >= 4 is 11.8 Å². The van der Waals surface area contributed by atoms with E-state index in [0.29, 0.717) is 13.0 Å². The van der Waals surface area contributed by atoms with Gasteiger partial charge in [-0.3, -0.25) is 14.5 Å². The summed E-state index contributed by atoms with van der Waals surface area (Å²) in [7, 11) is 5.75. The van der Waals surface area contributed by atoms with Crippen molar-refractivity contribution in [3.63, 3.8) is 0 Å². The lowest BCUT2D eigenvalue weighted by atomic mass is 9.83. The van der Waals surface area contributed by atoms with Gasteiger partial charge >= 0.3 is 0 Å². The number of hydrogen-bond donors (Lipinski definition) is 2. The molecule has 0 spiro atoms. The van der Waals surface area contributed by atoms with Crippen molar-refractivity contribution in [3.05, 3.63) is 0 Å². The number of amides is 2. The fourth-order valence-corrected chi connectivity index (χ4v) is 2.58. The van der Waals surface area contributed by atoms with E-state index in [2.05, 4.69) is 34.5 Å². The van der Waals surface area contributed by atoms with Crippen molar-refractivity contribution in [2.75, 3.05) is 47.3 Å². The molecule has 1 aliphatic heterocycles. The zero-order chi connectivity index (χ0) is 15.3. The van der Waals surface area contributed by atoms with Gasteiger partial charge in [0.05, 0.1) is 5.41 Å². The fraction of sp³-hybridized carbons (Fsp3) is 0.857. The fourth-order valence-electron chi connectivity index (χ4n) is 2.58. The summed E-state index contributed by atoms with van der Waals surface area (Å²) >= 11 is 0. The Bertz CT molecular complexity index is 357. The summed E-state index contributed by atoms with van der Waals surface area (Å²) < 4.78 is 0. The SMILES string of the molecule is C[15N]1CCN([13CH3])C(C(C)(C)C(=O)[15NH]CC[13C](=O)[15NH][13CH3])C1. The number of carbonyl (C=O) groups excluding carboxylic acids is 2. The van der Waals surface area contributed by atoms with Crippen molar-refractivity contribution in [2.24, 2.45) is 5.41 Å². The van der Waals surface area contributed by atoms with Crippen molar-refractivity contribution in [3.8, 4) is 0 Å². The molecule has 0 aromatic carbocycles. The van der Waals surface area contributed by atoms with Crippen LogP contribution in [0.15, 0.2) is 0 Å². The van der Waals surface area contributed by atoms with E-state index in [1.807, 2.05) is 13.8 Å². The van der Waals surface area contributed by atoms with E-state index in [1.54, 1.807) is 7.05 Å². The molecule has 20 heavy (non-hydrogen) atoms. The molecular weight excluding hydrogens is 262 g/mol. The smallest absolute Gasteiger partial charge is 0.227 e. The summed E-state index contributed by atoms with van der Waals surface area (Å²) in [6.07, 6.45) is 0.318. The Kier molecular flexibility index (Phi) is 5.95. The zero-order valence-electron chi connectivity index (χ0n) is 13.3. The van der Waals surface area contributed by atoms with Crippen LogP contribution in [-0.4, -0.2) is 75.0 Å². The molecule has 6 nitrogen and oxygen atoms in total. The van der Waals surface area contributed by atoms with Gasteiger partial charge in [-0.25, -0.2) is 0 Å². The number of likely N-dealkylation sites (N-methyl/N-ethyl adjacent to an activating group) is 2. The van der Waals surface area contributed by atoms with Crippen LogP contribution in [0.4, 0.5) is 0 Å². The summed E-state index contributed by atoms with van der Waals surface area (Å²) in [6, 6.07) is 0.182. The highest BCUT2D eigenvalue weighted by Crippen LogP contribution is 2.27. The highest BCUT2D eigenvalue weighted by Gasteiger charge is 2.41. The van der Waals surface area contributed by atoms with Gasteiger partial charge in [0.2, 0.25) is 11.8 Å². The lowest BCUT2D eigenvalue weighted by Crippen LogP contribution is -2.60. The van der Waals surface area contributed by atoms with E-state index < -0.39 is 5.41 Å². The molecule has 0 aromatic rings. The van der Waals surface area contributed by atoms with E-state index in [1.165, 1.54) is 0 Å². The van der Waals surface area contributed by atoms with E-state index in [-0.39, 0.29) is 17.9 Å². The van der Waals surface area contributed by atoms with Crippen molar-refractivity contribution in [2.45, 2.75) is 26.3 Å². The summed E-state index contributed by atoms with van der Waals surface area (Å²) in [6.45, 7) is 7.21. The first-order valence-corrected chi connectivity index (χ1v) is 7.16. The minimum absolute atomic E-state index is 0.00792. The lowest BCUT2D eigenvalue weighted by Gasteiger charge is -2.45. The van der Waals surface area contributed by atoms with Gasteiger partial charge < -0.3 is 15.5 Å². The van der Waals surface area contributed by atoms with Crippen LogP contribution in [-0.2, 0) is 9.59 Å². The molecule has 1 rings (SSSR count). The van der Waals surface area contributed by atoms with Gasteiger partial charge in [-0.1, -0.05) is 0 Å². The van der Waals surface area contributed by atoms with Gasteiger partial charge in [-0.15, -0.1) is 0 Å². The molecule has 2 amide bonds. The Morgan fingerprint density at radius 2 is 1.90 bits per heavy atom. The molecule has 0 saturated carbocycles. The number of nitrogens with zero attached hydrogens (tertiary/aromatic N) is 2. The molecule has 1 heterocycles. The molecule has 1 aliphatic rings. The minimum Gasteiger partial charge on any atom is -0.359 e. The standard InChI is InChI=1S/C14H28N4O2/c1-14(2,11-10-17(4)8-9-18(11)5)13(20)16-7-6-12(19)15-3/h11H,6-10H2,1-5H3,(H,15,19)(H,16,20)/i3+1,5+1,12+1,15+1,16+1,17+1. The molecule has 1 saturated heterocycles. The van der Waals surface area contributed by atoms with Gasteiger partial charge in [0.15, 0.2) is 0 Å². The third-order valence-electron chi connectivity index (χ3n) is 4.19. The molecule has 1 atom stereocenters. The maximum Gasteiger partial charge on any atom is 0.227 e. The first kappa shape index (κ1) is 16.9. The Morgan fingerprint density at radius 1 is 1.25 bits per heavy atom. The monoisotopic (exact) mass is 290 g/mol. The summed E-state index contributed by atoms with van der Waals surface area (Å²) in [4.78, 5) is 28.1. The van der Waals surface area contributed by atoms with Gasteiger partial charge in [0, 0.05) is 45.7 Å². The third-order valence-corrected chi connectivity index (χ3v) is 4.19. The number of piperazine rings is 1. The molecule has 6 heteroatoms. The lowest BCUT2D eigenvalue weighted by molar-refractivity contribution is -0.134. The number of hydrogen-bond acceptors (Lipinski definition) is 4. The number of carbonyl (C=O) groups is 2. The Labute approximate surface area is 121 Å². The Hall–Kier alpha value is -1.14. The van der Waals surface area contributed by atoms with Gasteiger partial charge in [0.1, 0.15) is 0 Å². The van der Waals surface area contributed by atoms with Gasteiger partial charge in [-0.05, 0) is 27.9 Å². The Morgan fingerprint density at radius 3 is 2.50 bits per heavy atom. The second kappa shape index (κ2) is 7.04. The van der Waals surface area contributed by atoms with Crippen LogP contribution < -0.4 is 10.6 Å². The second-order valence-electron chi connectivity index (χ2n) is 6.16. The van der Waals surface area contributed by atoms with Crippen molar-refractivity contribution < 1.29 is 9.59 Å². The summed E-state index contributed by atoms with van der Waals surface area (Å²) in [5.74, 6) is -0.0498. The normalized spacial score (nSPS) is 21.6. The third kappa shape index (κ3) is 4.18. The van der Waals surface area contributed by atoms with Crippen LogP contribution in [0.5, 0.6) is 0 Å². The minimum atomic E-state index is -0.480. The molecule has 116 valence electrons. The predicted molar refractivity (Wildman–Crippen MR) is 79.4 cm³/mol. The summed E-state index contributed by atoms with van der Waals surface area (Å²) in [5.41, 5.74) is -0.480. The second-order valence-corrected chi connectivity index (χ2v) is 6.16. The molecule has 0 radical (unpaired) electrons. The maximum absolute atomic E-state index is 12.4. The van der Waals surface area contributed by atoms with Crippen LogP contribution >= 0.6 is 0 Å². The highest BCUT2D eigenvalue weighted by atomic mass is 16.3. The maximum atomic E-state index is 12.4.